The fourth-order valence-corrected chi connectivity index (χ4v) is 3.67. The average molecular weight is 368 g/mol. The zero-order valence-corrected chi connectivity index (χ0v) is 15.6. The zero-order valence-electron chi connectivity index (χ0n) is 14.8. The number of benzene rings is 2. The van der Waals surface area contributed by atoms with Crippen LogP contribution in [-0.4, -0.2) is 28.2 Å². The van der Waals surface area contributed by atoms with Crippen LogP contribution in [0.3, 0.4) is 0 Å². The van der Waals surface area contributed by atoms with Crippen molar-refractivity contribution in [3.05, 3.63) is 64.4 Å². The van der Waals surface area contributed by atoms with Gasteiger partial charge in [0, 0.05) is 6.54 Å². The van der Waals surface area contributed by atoms with Gasteiger partial charge in [0.25, 0.3) is 5.56 Å². The van der Waals surface area contributed by atoms with Gasteiger partial charge in [-0.1, -0.05) is 43.0 Å². The van der Waals surface area contributed by atoms with Crippen LogP contribution in [0.25, 0.3) is 10.9 Å². The van der Waals surface area contributed by atoms with E-state index in [1.54, 1.807) is 29.9 Å². The van der Waals surface area contributed by atoms with Crippen LogP contribution in [-0.2, 0) is 6.54 Å². The summed E-state index contributed by atoms with van der Waals surface area (Å²) in [6, 6.07) is 14.4. The van der Waals surface area contributed by atoms with Crippen LogP contribution in [0, 0.1) is 0 Å². The number of hydrogen-bond acceptors (Lipinski definition) is 5. The van der Waals surface area contributed by atoms with Gasteiger partial charge in [-0.25, -0.2) is 4.98 Å². The van der Waals surface area contributed by atoms with Gasteiger partial charge in [-0.05, 0) is 30.7 Å². The van der Waals surface area contributed by atoms with Gasteiger partial charge >= 0.3 is 0 Å². The third kappa shape index (κ3) is 3.65. The van der Waals surface area contributed by atoms with Gasteiger partial charge in [0.15, 0.2) is 10.9 Å². The molecule has 0 atom stereocenters. The summed E-state index contributed by atoms with van der Waals surface area (Å²) in [5, 5.41) is 1.17. The average Bonchev–Trinajstić information content (AvgIpc) is 2.68. The summed E-state index contributed by atoms with van der Waals surface area (Å²) in [5.41, 5.74) is 1.12. The molecule has 2 aromatic carbocycles. The summed E-state index contributed by atoms with van der Waals surface area (Å²) >= 11 is 1.28. The molecule has 1 aromatic heterocycles. The topological polar surface area (TPSA) is 61.2 Å². The van der Waals surface area contributed by atoms with Crippen LogP contribution in [0.1, 0.15) is 23.7 Å². The molecule has 0 aliphatic heterocycles. The molecule has 1 heterocycles. The molecule has 0 aliphatic rings. The van der Waals surface area contributed by atoms with Gasteiger partial charge in [0.05, 0.1) is 29.3 Å². The van der Waals surface area contributed by atoms with E-state index in [9.17, 15) is 9.59 Å². The van der Waals surface area contributed by atoms with E-state index in [0.29, 0.717) is 33.9 Å². The van der Waals surface area contributed by atoms with Crippen LogP contribution in [0.15, 0.2) is 58.5 Å². The molecule has 3 aromatic rings. The second-order valence-electron chi connectivity index (χ2n) is 5.78. The summed E-state index contributed by atoms with van der Waals surface area (Å²) in [4.78, 5) is 30.0. The van der Waals surface area contributed by atoms with Gasteiger partial charge < -0.3 is 4.74 Å². The van der Waals surface area contributed by atoms with Crippen molar-refractivity contribution in [2.45, 2.75) is 25.0 Å². The Hall–Kier alpha value is -2.60. The number of thioether (sulfide) groups is 1. The highest BCUT2D eigenvalue weighted by molar-refractivity contribution is 7.99. The van der Waals surface area contributed by atoms with Gasteiger partial charge in [-0.2, -0.15) is 0 Å². The summed E-state index contributed by atoms with van der Waals surface area (Å²) in [6.45, 7) is 2.58. The minimum Gasteiger partial charge on any atom is -0.496 e. The number of ketones is 1. The Morgan fingerprint density at radius 3 is 2.65 bits per heavy atom. The van der Waals surface area contributed by atoms with Crippen LogP contribution < -0.4 is 10.3 Å². The lowest BCUT2D eigenvalue weighted by atomic mass is 10.1. The number of ether oxygens (including phenoxy) is 1. The number of carbonyl (C=O) groups is 1. The van der Waals surface area contributed by atoms with Crippen molar-refractivity contribution in [3.63, 3.8) is 0 Å². The Morgan fingerprint density at radius 2 is 1.88 bits per heavy atom. The molecule has 6 heteroatoms. The predicted octanol–water partition coefficient (Wildman–Crippen LogP) is 3.79. The largest absolute Gasteiger partial charge is 0.496 e. The van der Waals surface area contributed by atoms with Gasteiger partial charge in [-0.3, -0.25) is 14.2 Å². The molecule has 0 spiro atoms. The fraction of sp³-hybridized carbons (Fsp3) is 0.250. The molecular weight excluding hydrogens is 348 g/mol. The van der Waals surface area contributed by atoms with Crippen molar-refractivity contribution in [1.82, 2.24) is 9.55 Å². The van der Waals surface area contributed by atoms with Crippen molar-refractivity contribution in [2.24, 2.45) is 0 Å². The quantitative estimate of drug-likeness (QED) is 0.361. The maximum absolute atomic E-state index is 12.8. The minimum absolute atomic E-state index is 0.0575. The summed E-state index contributed by atoms with van der Waals surface area (Å²) in [6.07, 6.45) is 0.813. The highest BCUT2D eigenvalue weighted by Gasteiger charge is 2.15. The number of aromatic nitrogens is 2. The molecule has 0 fully saturated rings. The Bertz CT molecular complexity index is 998. The minimum atomic E-state index is -0.0651. The van der Waals surface area contributed by atoms with E-state index < -0.39 is 0 Å². The van der Waals surface area contributed by atoms with Gasteiger partial charge in [0.2, 0.25) is 0 Å². The van der Waals surface area contributed by atoms with Crippen LogP contribution in [0.4, 0.5) is 0 Å². The van der Waals surface area contributed by atoms with E-state index >= 15 is 0 Å². The normalized spacial score (nSPS) is 10.8. The zero-order chi connectivity index (χ0) is 18.5. The molecule has 0 amide bonds. The number of rotatable bonds is 7. The third-order valence-electron chi connectivity index (χ3n) is 4.01. The molecule has 5 nitrogen and oxygen atoms in total. The van der Waals surface area contributed by atoms with E-state index in [2.05, 4.69) is 4.98 Å². The number of fused-ring (bicyclic) bond motifs is 1. The lowest BCUT2D eigenvalue weighted by Crippen LogP contribution is -2.23. The van der Waals surface area contributed by atoms with Crippen LogP contribution >= 0.6 is 11.8 Å². The highest BCUT2D eigenvalue weighted by Crippen LogP contribution is 2.23. The van der Waals surface area contributed by atoms with E-state index in [4.69, 9.17) is 4.74 Å². The van der Waals surface area contributed by atoms with E-state index in [-0.39, 0.29) is 17.1 Å². The monoisotopic (exact) mass is 368 g/mol. The Kier molecular flexibility index (Phi) is 5.73. The number of hydrogen-bond donors (Lipinski definition) is 0. The Balaban J connectivity index is 1.92. The second kappa shape index (κ2) is 8.19. The first-order chi connectivity index (χ1) is 12.7. The molecule has 0 N–H and O–H groups in total. The summed E-state index contributed by atoms with van der Waals surface area (Å²) in [5.74, 6) is 0.683. The molecule has 0 saturated carbocycles. The molecule has 0 radical (unpaired) electrons. The maximum Gasteiger partial charge on any atom is 0.262 e. The first-order valence-electron chi connectivity index (χ1n) is 8.44. The first kappa shape index (κ1) is 18.2. The molecule has 3 rings (SSSR count). The molecule has 0 bridgehead atoms. The predicted molar refractivity (Wildman–Crippen MR) is 104 cm³/mol. The first-order valence-corrected chi connectivity index (χ1v) is 9.43. The van der Waals surface area contributed by atoms with E-state index in [1.807, 2.05) is 37.3 Å². The lowest BCUT2D eigenvalue weighted by molar-refractivity contribution is 0.101. The standard InChI is InChI=1S/C20H20N2O3S/c1-3-12-22-19(24)14-8-4-6-10-16(14)21-20(22)26-13-17(23)15-9-5-7-11-18(15)25-2/h4-11H,3,12-13H2,1-2H3. The molecule has 134 valence electrons. The maximum atomic E-state index is 12.8. The van der Waals surface area contributed by atoms with Gasteiger partial charge in [0.1, 0.15) is 5.75 Å². The lowest BCUT2D eigenvalue weighted by Gasteiger charge is -2.12. The second-order valence-corrected chi connectivity index (χ2v) is 6.72. The van der Waals surface area contributed by atoms with Crippen molar-refractivity contribution >= 4 is 28.4 Å². The third-order valence-corrected chi connectivity index (χ3v) is 4.99. The Morgan fingerprint density at radius 1 is 1.15 bits per heavy atom. The van der Waals surface area contributed by atoms with Crippen molar-refractivity contribution in [2.75, 3.05) is 12.9 Å². The number of carbonyl (C=O) groups excluding carboxylic acids is 1. The Labute approximate surface area is 156 Å². The molecular formula is C20H20N2O3S. The van der Waals surface area contributed by atoms with Crippen LogP contribution in [0.5, 0.6) is 5.75 Å². The number of methoxy groups -OCH3 is 1. The van der Waals surface area contributed by atoms with Crippen LogP contribution in [0.2, 0.25) is 0 Å². The number of nitrogens with zero attached hydrogens (tertiary/aromatic N) is 2. The molecule has 0 aliphatic carbocycles. The highest BCUT2D eigenvalue weighted by atomic mass is 32.2. The van der Waals surface area contributed by atoms with Crippen molar-refractivity contribution in [1.29, 1.82) is 0 Å². The van der Waals surface area contributed by atoms with E-state index in [0.717, 1.165) is 6.42 Å². The fourth-order valence-electron chi connectivity index (χ4n) is 2.76. The van der Waals surface area contributed by atoms with E-state index in [1.165, 1.54) is 11.8 Å². The summed E-state index contributed by atoms with van der Waals surface area (Å²) in [7, 11) is 1.54. The van der Waals surface area contributed by atoms with Gasteiger partial charge in [-0.15, -0.1) is 0 Å². The smallest absolute Gasteiger partial charge is 0.262 e. The molecule has 26 heavy (non-hydrogen) atoms. The summed E-state index contributed by atoms with van der Waals surface area (Å²) < 4.78 is 6.91. The molecule has 0 unspecified atom stereocenters. The van der Waals surface area contributed by atoms with Crippen molar-refractivity contribution in [3.8, 4) is 5.75 Å². The SMILES string of the molecule is CCCn1c(SCC(=O)c2ccccc2OC)nc2ccccc2c1=O. The number of Topliss-reactive ketones (excluding diaryl/α,β-unsaturated/α-hetero) is 1. The van der Waals surface area contributed by atoms with Crippen molar-refractivity contribution < 1.29 is 9.53 Å². The molecule has 0 saturated heterocycles. The number of para-hydroxylation sites is 2.